The van der Waals surface area contributed by atoms with Gasteiger partial charge in [0.25, 0.3) is 0 Å². The van der Waals surface area contributed by atoms with E-state index in [2.05, 4.69) is 58.1 Å². The van der Waals surface area contributed by atoms with Crippen molar-refractivity contribution < 1.29 is 0 Å². The summed E-state index contributed by atoms with van der Waals surface area (Å²) in [5.41, 5.74) is 7.52. The van der Waals surface area contributed by atoms with Crippen LogP contribution in [0.3, 0.4) is 0 Å². The minimum absolute atomic E-state index is 0.231. The van der Waals surface area contributed by atoms with Crippen LogP contribution in [0.4, 0.5) is 5.69 Å². The Morgan fingerprint density at radius 1 is 0.900 bits per heavy atom. The molecule has 0 fully saturated rings. The summed E-state index contributed by atoms with van der Waals surface area (Å²) < 4.78 is 0. The van der Waals surface area contributed by atoms with Crippen LogP contribution in [0.1, 0.15) is 40.8 Å². The fraction of sp³-hybridized carbons (Fsp3) is 0.333. The Bertz CT molecular complexity index is 608. The quantitative estimate of drug-likeness (QED) is 0.758. The Hall–Kier alpha value is -1.47. The number of hydrogen-bond donors (Lipinski definition) is 1. The van der Waals surface area contributed by atoms with E-state index in [0.717, 1.165) is 10.7 Å². The zero-order valence-corrected chi connectivity index (χ0v) is 13.6. The second-order valence-electron chi connectivity index (χ2n) is 5.66. The average molecular weight is 288 g/mol. The van der Waals surface area contributed by atoms with Crippen LogP contribution in [0.5, 0.6) is 0 Å². The van der Waals surface area contributed by atoms with E-state index in [9.17, 15) is 0 Å². The topological polar surface area (TPSA) is 12.0 Å². The molecule has 2 heteroatoms. The van der Waals surface area contributed by atoms with E-state index in [0.29, 0.717) is 0 Å². The smallest absolute Gasteiger partial charge is 0.0637 e. The molecule has 0 spiro atoms. The first-order chi connectivity index (χ1) is 9.38. The second kappa shape index (κ2) is 5.88. The highest BCUT2D eigenvalue weighted by molar-refractivity contribution is 6.33. The number of rotatable bonds is 3. The summed E-state index contributed by atoms with van der Waals surface area (Å²) in [4.78, 5) is 0. The molecule has 2 rings (SSSR count). The largest absolute Gasteiger partial charge is 0.377 e. The van der Waals surface area contributed by atoms with E-state index in [1.54, 1.807) is 0 Å². The lowest BCUT2D eigenvalue weighted by molar-refractivity contribution is 0.862. The standard InChI is InChI=1S/C18H22ClN/c1-11-6-7-16(19)17(10-11)20-15(5)18-13(3)8-12(2)9-14(18)4/h6-10,15,20H,1-5H3. The van der Waals surface area contributed by atoms with Gasteiger partial charge in [0.2, 0.25) is 0 Å². The molecular formula is C18H22ClN. The molecule has 0 aromatic heterocycles. The van der Waals surface area contributed by atoms with Gasteiger partial charge in [-0.2, -0.15) is 0 Å². The lowest BCUT2D eigenvalue weighted by Gasteiger charge is -2.21. The molecule has 2 aromatic carbocycles. The summed E-state index contributed by atoms with van der Waals surface area (Å²) in [6, 6.07) is 10.8. The summed E-state index contributed by atoms with van der Waals surface area (Å²) >= 11 is 6.27. The average Bonchev–Trinajstić information content (AvgIpc) is 2.32. The van der Waals surface area contributed by atoms with Gasteiger partial charge in [-0.25, -0.2) is 0 Å². The van der Waals surface area contributed by atoms with Crippen molar-refractivity contribution in [3.63, 3.8) is 0 Å². The van der Waals surface area contributed by atoms with Gasteiger partial charge in [-0.15, -0.1) is 0 Å². The molecule has 2 aromatic rings. The van der Waals surface area contributed by atoms with Crippen LogP contribution in [0.2, 0.25) is 5.02 Å². The molecule has 1 unspecified atom stereocenters. The zero-order valence-electron chi connectivity index (χ0n) is 12.8. The maximum Gasteiger partial charge on any atom is 0.0637 e. The van der Waals surface area contributed by atoms with Crippen molar-refractivity contribution in [2.24, 2.45) is 0 Å². The molecule has 0 saturated carbocycles. The maximum atomic E-state index is 6.27. The number of hydrogen-bond acceptors (Lipinski definition) is 1. The van der Waals surface area contributed by atoms with Gasteiger partial charge in [0.05, 0.1) is 10.7 Å². The number of aryl methyl sites for hydroxylation is 4. The minimum atomic E-state index is 0.231. The van der Waals surface area contributed by atoms with Crippen LogP contribution in [0.15, 0.2) is 30.3 Å². The van der Waals surface area contributed by atoms with Crippen molar-refractivity contribution in [3.8, 4) is 0 Å². The predicted octanol–water partition coefficient (Wildman–Crippen LogP) is 5.75. The van der Waals surface area contributed by atoms with Gasteiger partial charge in [0, 0.05) is 6.04 Å². The number of nitrogens with one attached hydrogen (secondary N) is 1. The molecule has 0 saturated heterocycles. The Kier molecular flexibility index (Phi) is 4.39. The van der Waals surface area contributed by atoms with Crippen LogP contribution in [0, 0.1) is 27.7 Å². The van der Waals surface area contributed by atoms with Crippen molar-refractivity contribution in [1.29, 1.82) is 0 Å². The van der Waals surface area contributed by atoms with Crippen molar-refractivity contribution in [1.82, 2.24) is 0 Å². The first-order valence-electron chi connectivity index (χ1n) is 6.99. The highest BCUT2D eigenvalue weighted by Gasteiger charge is 2.13. The molecular weight excluding hydrogens is 266 g/mol. The van der Waals surface area contributed by atoms with Crippen LogP contribution < -0.4 is 5.32 Å². The van der Waals surface area contributed by atoms with Gasteiger partial charge in [-0.05, 0) is 69.0 Å². The third-order valence-electron chi connectivity index (χ3n) is 3.66. The third-order valence-corrected chi connectivity index (χ3v) is 3.99. The monoisotopic (exact) mass is 287 g/mol. The summed E-state index contributed by atoms with van der Waals surface area (Å²) in [5.74, 6) is 0. The molecule has 1 atom stereocenters. The first kappa shape index (κ1) is 14.9. The molecule has 106 valence electrons. The molecule has 0 aliphatic rings. The maximum absolute atomic E-state index is 6.27. The number of halogens is 1. The van der Waals surface area contributed by atoms with E-state index >= 15 is 0 Å². The van der Waals surface area contributed by atoms with Gasteiger partial charge in [0.15, 0.2) is 0 Å². The molecule has 20 heavy (non-hydrogen) atoms. The van der Waals surface area contributed by atoms with Crippen molar-refractivity contribution >= 4 is 17.3 Å². The van der Waals surface area contributed by atoms with Gasteiger partial charge < -0.3 is 5.32 Å². The van der Waals surface area contributed by atoms with Crippen LogP contribution in [-0.4, -0.2) is 0 Å². The Labute approximate surface area is 127 Å². The fourth-order valence-corrected chi connectivity index (χ4v) is 3.10. The van der Waals surface area contributed by atoms with Crippen LogP contribution >= 0.6 is 11.6 Å². The molecule has 0 bridgehead atoms. The summed E-state index contributed by atoms with van der Waals surface area (Å²) in [6.07, 6.45) is 0. The van der Waals surface area contributed by atoms with E-state index in [4.69, 9.17) is 11.6 Å². The first-order valence-corrected chi connectivity index (χ1v) is 7.36. The second-order valence-corrected chi connectivity index (χ2v) is 6.07. The molecule has 0 amide bonds. The van der Waals surface area contributed by atoms with Gasteiger partial charge >= 0.3 is 0 Å². The van der Waals surface area contributed by atoms with Crippen LogP contribution in [0.25, 0.3) is 0 Å². The van der Waals surface area contributed by atoms with Gasteiger partial charge in [0.1, 0.15) is 0 Å². The van der Waals surface area contributed by atoms with E-state index in [1.165, 1.54) is 27.8 Å². The minimum Gasteiger partial charge on any atom is -0.377 e. The highest BCUT2D eigenvalue weighted by Crippen LogP contribution is 2.30. The zero-order chi connectivity index (χ0) is 14.9. The van der Waals surface area contributed by atoms with Crippen molar-refractivity contribution in [3.05, 3.63) is 63.2 Å². The molecule has 1 N–H and O–H groups in total. The SMILES string of the molecule is Cc1cc(C)c(C(C)Nc2cc(C)ccc2Cl)c(C)c1. The number of benzene rings is 2. The Balaban J connectivity index is 2.33. The molecule has 0 heterocycles. The predicted molar refractivity (Wildman–Crippen MR) is 88.9 cm³/mol. The summed E-state index contributed by atoms with van der Waals surface area (Å²) in [6.45, 7) is 10.7. The molecule has 0 radical (unpaired) electrons. The van der Waals surface area contributed by atoms with Crippen molar-refractivity contribution in [2.75, 3.05) is 5.32 Å². The molecule has 0 aliphatic carbocycles. The molecule has 0 aliphatic heterocycles. The lowest BCUT2D eigenvalue weighted by atomic mass is 9.94. The van der Waals surface area contributed by atoms with Gasteiger partial charge in [-0.1, -0.05) is 35.4 Å². The van der Waals surface area contributed by atoms with E-state index in [-0.39, 0.29) is 6.04 Å². The summed E-state index contributed by atoms with van der Waals surface area (Å²) in [5, 5.41) is 4.30. The normalized spacial score (nSPS) is 12.3. The van der Waals surface area contributed by atoms with Crippen LogP contribution in [-0.2, 0) is 0 Å². The lowest BCUT2D eigenvalue weighted by Crippen LogP contribution is -2.10. The Morgan fingerprint density at radius 3 is 2.10 bits per heavy atom. The van der Waals surface area contributed by atoms with E-state index < -0.39 is 0 Å². The van der Waals surface area contributed by atoms with E-state index in [1.807, 2.05) is 12.1 Å². The Morgan fingerprint density at radius 2 is 1.50 bits per heavy atom. The summed E-state index contributed by atoms with van der Waals surface area (Å²) in [7, 11) is 0. The highest BCUT2D eigenvalue weighted by atomic mass is 35.5. The fourth-order valence-electron chi connectivity index (χ4n) is 2.93. The molecule has 1 nitrogen and oxygen atoms in total. The number of anilines is 1. The third kappa shape index (κ3) is 3.16. The van der Waals surface area contributed by atoms with Gasteiger partial charge in [-0.3, -0.25) is 0 Å². The van der Waals surface area contributed by atoms with Crippen molar-refractivity contribution in [2.45, 2.75) is 40.7 Å².